The van der Waals surface area contributed by atoms with E-state index in [1.807, 2.05) is 24.4 Å². The van der Waals surface area contributed by atoms with Crippen LogP contribution in [0.4, 0.5) is 0 Å². The highest BCUT2D eigenvalue weighted by atomic mass is 16.5. The molecule has 1 aromatic rings. The molecule has 1 atom stereocenters. The molecule has 1 unspecified atom stereocenters. The number of rotatable bonds is 3. The Bertz CT molecular complexity index is 732. The largest absolute Gasteiger partial charge is 0.478 e. The Morgan fingerprint density at radius 1 is 1.45 bits per heavy atom. The summed E-state index contributed by atoms with van der Waals surface area (Å²) in [6.45, 7) is 0. The molecule has 0 aromatic carbocycles. The Morgan fingerprint density at radius 2 is 2.32 bits per heavy atom. The third-order valence-corrected chi connectivity index (χ3v) is 3.45. The number of aliphatic imine (C=N–C) groups is 1. The maximum absolute atomic E-state index is 11.0. The minimum Gasteiger partial charge on any atom is -0.478 e. The number of allylic oxidation sites excluding steroid dienone is 2. The highest BCUT2D eigenvalue weighted by Gasteiger charge is 2.18. The first-order chi connectivity index (χ1) is 10.7. The Morgan fingerprint density at radius 3 is 3.09 bits per heavy atom. The number of carboxylic acid groups (broad SMARTS) is 1. The predicted molar refractivity (Wildman–Crippen MR) is 81.6 cm³/mol. The minimum atomic E-state index is -0.969. The van der Waals surface area contributed by atoms with Gasteiger partial charge in [0, 0.05) is 18.6 Å². The summed E-state index contributed by atoms with van der Waals surface area (Å²) in [7, 11) is 1.57. The Hall–Kier alpha value is -2.89. The number of methoxy groups -OCH3 is 1. The van der Waals surface area contributed by atoms with Gasteiger partial charge in [0.15, 0.2) is 0 Å². The highest BCUT2D eigenvalue weighted by molar-refractivity contribution is 5.87. The van der Waals surface area contributed by atoms with Gasteiger partial charge >= 0.3 is 5.97 Å². The standard InChI is InChI=1S/C16H15N3O3/c1-22-16-18-9-12-5-10(2-3-14(12)19-16)4-11-6-13(15(20)21)8-17-7-11/h2-3,5-9,14H,4H2,1H3,(H,18,19)(H,20,21). The lowest BCUT2D eigenvalue weighted by Gasteiger charge is -2.21. The third-order valence-electron chi connectivity index (χ3n) is 3.45. The molecule has 0 spiro atoms. The van der Waals surface area contributed by atoms with E-state index in [-0.39, 0.29) is 11.6 Å². The van der Waals surface area contributed by atoms with Crippen LogP contribution in [0.15, 0.2) is 59.0 Å². The second-order valence-electron chi connectivity index (χ2n) is 5.01. The molecule has 2 heterocycles. The summed E-state index contributed by atoms with van der Waals surface area (Å²) >= 11 is 0. The minimum absolute atomic E-state index is 0.0385. The average molecular weight is 297 g/mol. The number of nitrogens with one attached hydrogen (secondary N) is 1. The molecule has 3 rings (SSSR count). The van der Waals surface area contributed by atoms with Crippen LogP contribution in [-0.4, -0.2) is 35.2 Å². The van der Waals surface area contributed by atoms with Gasteiger partial charge in [-0.1, -0.05) is 18.2 Å². The average Bonchev–Trinajstić information content (AvgIpc) is 2.54. The smallest absolute Gasteiger partial charge is 0.337 e. The van der Waals surface area contributed by atoms with E-state index in [0.29, 0.717) is 12.4 Å². The number of ether oxygens (including phenoxy) is 1. The molecular weight excluding hydrogens is 282 g/mol. The number of carbonyl (C=O) groups is 1. The van der Waals surface area contributed by atoms with Gasteiger partial charge in [0.1, 0.15) is 6.04 Å². The van der Waals surface area contributed by atoms with Crippen LogP contribution in [0.25, 0.3) is 0 Å². The van der Waals surface area contributed by atoms with Crippen molar-refractivity contribution in [3.8, 4) is 0 Å². The zero-order valence-corrected chi connectivity index (χ0v) is 12.0. The van der Waals surface area contributed by atoms with Gasteiger partial charge in [-0.05, 0) is 29.2 Å². The van der Waals surface area contributed by atoms with Crippen LogP contribution in [0.5, 0.6) is 0 Å². The molecule has 0 bridgehead atoms. The van der Waals surface area contributed by atoms with Crippen LogP contribution >= 0.6 is 0 Å². The Balaban J connectivity index is 1.77. The first-order valence-electron chi connectivity index (χ1n) is 6.80. The van der Waals surface area contributed by atoms with Gasteiger partial charge in [0.05, 0.1) is 12.7 Å². The molecule has 0 radical (unpaired) electrons. The molecule has 1 aliphatic heterocycles. The van der Waals surface area contributed by atoms with Crippen LogP contribution < -0.4 is 5.32 Å². The monoisotopic (exact) mass is 297 g/mol. The lowest BCUT2D eigenvalue weighted by molar-refractivity contribution is 0.0696. The van der Waals surface area contributed by atoms with Crippen LogP contribution in [0.2, 0.25) is 0 Å². The maximum atomic E-state index is 11.0. The predicted octanol–water partition coefficient (Wildman–Crippen LogP) is 1.68. The summed E-state index contributed by atoms with van der Waals surface area (Å²) in [6, 6.07) is 2.10. The topological polar surface area (TPSA) is 83.8 Å². The number of hydrogen-bond acceptors (Lipinski definition) is 5. The van der Waals surface area contributed by atoms with Gasteiger partial charge < -0.3 is 15.2 Å². The number of pyridine rings is 1. The van der Waals surface area contributed by atoms with Crippen molar-refractivity contribution in [1.82, 2.24) is 10.3 Å². The quantitative estimate of drug-likeness (QED) is 0.886. The zero-order chi connectivity index (χ0) is 15.5. The zero-order valence-electron chi connectivity index (χ0n) is 12.0. The van der Waals surface area contributed by atoms with Gasteiger partial charge in [-0.3, -0.25) is 4.98 Å². The molecule has 6 nitrogen and oxygen atoms in total. The van der Waals surface area contributed by atoms with Gasteiger partial charge in [0.25, 0.3) is 6.02 Å². The maximum Gasteiger partial charge on any atom is 0.337 e. The van der Waals surface area contributed by atoms with E-state index in [1.54, 1.807) is 19.4 Å². The summed E-state index contributed by atoms with van der Waals surface area (Å²) in [5.74, 6) is -0.969. The molecule has 0 fully saturated rings. The second kappa shape index (κ2) is 5.85. The van der Waals surface area contributed by atoms with E-state index in [2.05, 4.69) is 15.3 Å². The molecule has 1 aliphatic carbocycles. The molecule has 0 saturated carbocycles. The summed E-state index contributed by atoms with van der Waals surface area (Å²) in [5, 5.41) is 12.0. The van der Waals surface area contributed by atoms with Crippen molar-refractivity contribution in [3.63, 3.8) is 0 Å². The van der Waals surface area contributed by atoms with Crippen molar-refractivity contribution < 1.29 is 14.6 Å². The fourth-order valence-corrected chi connectivity index (χ4v) is 2.39. The molecule has 1 aromatic heterocycles. The lowest BCUT2D eigenvalue weighted by Crippen LogP contribution is -2.28. The van der Waals surface area contributed by atoms with Crippen LogP contribution in [0.1, 0.15) is 15.9 Å². The molecular formula is C16H15N3O3. The van der Waals surface area contributed by atoms with Crippen molar-refractivity contribution >= 4 is 12.0 Å². The highest BCUT2D eigenvalue weighted by Crippen LogP contribution is 2.23. The van der Waals surface area contributed by atoms with E-state index < -0.39 is 5.97 Å². The van der Waals surface area contributed by atoms with Crippen molar-refractivity contribution in [2.45, 2.75) is 12.5 Å². The van der Waals surface area contributed by atoms with Gasteiger partial charge in [0.2, 0.25) is 0 Å². The Kier molecular flexibility index (Phi) is 3.74. The fourth-order valence-electron chi connectivity index (χ4n) is 2.39. The molecule has 0 amide bonds. The van der Waals surface area contributed by atoms with Crippen LogP contribution in [0, 0.1) is 0 Å². The van der Waals surface area contributed by atoms with E-state index in [9.17, 15) is 4.79 Å². The first kappa shape index (κ1) is 14.1. The number of amidine groups is 1. The molecule has 0 saturated heterocycles. The van der Waals surface area contributed by atoms with Gasteiger partial charge in [-0.25, -0.2) is 9.79 Å². The third kappa shape index (κ3) is 2.90. The van der Waals surface area contributed by atoms with E-state index >= 15 is 0 Å². The normalized spacial score (nSPS) is 19.3. The first-order valence-corrected chi connectivity index (χ1v) is 6.80. The molecule has 6 heteroatoms. The number of aromatic carboxylic acids is 1. The molecule has 2 N–H and O–H groups in total. The van der Waals surface area contributed by atoms with Gasteiger partial charge in [-0.15, -0.1) is 0 Å². The summed E-state index contributed by atoms with van der Waals surface area (Å²) in [6.07, 6.45) is 11.6. The molecule has 112 valence electrons. The van der Waals surface area contributed by atoms with Crippen LogP contribution in [0.3, 0.4) is 0 Å². The SMILES string of the molecule is COC1=NC2C=CC(Cc3cncc(C(=O)O)c3)=CC2=CN1. The van der Waals surface area contributed by atoms with Crippen molar-refractivity contribution in [2.24, 2.45) is 4.99 Å². The van der Waals surface area contributed by atoms with Crippen LogP contribution in [-0.2, 0) is 11.2 Å². The molecule has 22 heavy (non-hydrogen) atoms. The number of hydrogen-bond donors (Lipinski definition) is 2. The van der Waals surface area contributed by atoms with Gasteiger partial charge in [-0.2, -0.15) is 0 Å². The lowest BCUT2D eigenvalue weighted by atomic mass is 9.94. The number of aromatic nitrogens is 1. The number of carboxylic acids is 1. The van der Waals surface area contributed by atoms with Crippen molar-refractivity contribution in [1.29, 1.82) is 0 Å². The summed E-state index contributed by atoms with van der Waals surface area (Å²) in [5.41, 5.74) is 3.17. The van der Waals surface area contributed by atoms with E-state index in [4.69, 9.17) is 9.84 Å². The number of nitrogens with zero attached hydrogens (tertiary/aromatic N) is 2. The van der Waals surface area contributed by atoms with E-state index in [0.717, 1.165) is 16.7 Å². The van der Waals surface area contributed by atoms with Crippen molar-refractivity contribution in [3.05, 3.63) is 65.2 Å². The fraction of sp³-hybridized carbons (Fsp3) is 0.188. The van der Waals surface area contributed by atoms with E-state index in [1.165, 1.54) is 6.20 Å². The summed E-state index contributed by atoms with van der Waals surface area (Å²) < 4.78 is 5.07. The summed E-state index contributed by atoms with van der Waals surface area (Å²) in [4.78, 5) is 19.4. The number of fused-ring (bicyclic) bond motifs is 1. The Labute approximate surface area is 127 Å². The van der Waals surface area contributed by atoms with Crippen molar-refractivity contribution in [2.75, 3.05) is 7.11 Å². The second-order valence-corrected chi connectivity index (χ2v) is 5.01. The molecule has 2 aliphatic rings.